The summed E-state index contributed by atoms with van der Waals surface area (Å²) >= 11 is 3.34. The standard InChI is InChI=1S/C22H20BrN3O4/c1-3-29-19-8-6-16(10-20(19)30-4-2)25-21(27)13-26-12-14(11-24)22(28)17-9-15(23)5-7-18(17)26/h5-10,12H,3-4,13H2,1-2H3,(H,25,27). The molecule has 0 saturated heterocycles. The molecule has 3 aromatic rings. The average molecular weight is 470 g/mol. The second-order valence-corrected chi connectivity index (χ2v) is 7.26. The van der Waals surface area contributed by atoms with Crippen LogP contribution in [-0.2, 0) is 11.3 Å². The Kier molecular flexibility index (Phi) is 6.75. The van der Waals surface area contributed by atoms with Gasteiger partial charge in [-0.25, -0.2) is 0 Å². The van der Waals surface area contributed by atoms with E-state index in [0.29, 0.717) is 41.3 Å². The number of benzene rings is 2. The first-order chi connectivity index (χ1) is 14.5. The molecule has 0 aliphatic carbocycles. The molecule has 1 heterocycles. The van der Waals surface area contributed by atoms with Gasteiger partial charge in [0.1, 0.15) is 18.2 Å². The largest absolute Gasteiger partial charge is 0.490 e. The van der Waals surface area contributed by atoms with Crippen molar-refractivity contribution in [3.63, 3.8) is 0 Å². The van der Waals surface area contributed by atoms with E-state index in [4.69, 9.17) is 9.47 Å². The number of hydrogen-bond acceptors (Lipinski definition) is 5. The molecule has 7 nitrogen and oxygen atoms in total. The Hall–Kier alpha value is -3.31. The van der Waals surface area contributed by atoms with Crippen LogP contribution in [0.1, 0.15) is 19.4 Å². The summed E-state index contributed by atoms with van der Waals surface area (Å²) in [5.74, 6) is 0.842. The third-order valence-electron chi connectivity index (χ3n) is 4.30. The van der Waals surface area contributed by atoms with Crippen molar-refractivity contribution in [3.8, 4) is 17.6 Å². The molecule has 1 aromatic heterocycles. The number of nitrogens with one attached hydrogen (secondary N) is 1. The van der Waals surface area contributed by atoms with E-state index in [1.165, 1.54) is 6.20 Å². The summed E-state index contributed by atoms with van der Waals surface area (Å²) in [6, 6.07) is 12.2. The molecule has 1 amide bonds. The molecular weight excluding hydrogens is 450 g/mol. The summed E-state index contributed by atoms with van der Waals surface area (Å²) in [6.45, 7) is 4.65. The van der Waals surface area contributed by atoms with Crippen LogP contribution >= 0.6 is 15.9 Å². The monoisotopic (exact) mass is 469 g/mol. The number of nitriles is 1. The van der Waals surface area contributed by atoms with Gasteiger partial charge in [-0.1, -0.05) is 15.9 Å². The maximum absolute atomic E-state index is 12.7. The molecule has 154 valence electrons. The summed E-state index contributed by atoms with van der Waals surface area (Å²) in [5.41, 5.74) is 0.742. The molecule has 0 aliphatic heterocycles. The van der Waals surface area contributed by atoms with Crippen molar-refractivity contribution in [1.29, 1.82) is 5.26 Å². The van der Waals surface area contributed by atoms with Gasteiger partial charge >= 0.3 is 0 Å². The number of rotatable bonds is 7. The fraction of sp³-hybridized carbons (Fsp3) is 0.227. The molecule has 8 heteroatoms. The third kappa shape index (κ3) is 4.63. The lowest BCUT2D eigenvalue weighted by Crippen LogP contribution is -2.21. The van der Waals surface area contributed by atoms with Gasteiger partial charge in [-0.3, -0.25) is 9.59 Å². The maximum atomic E-state index is 12.7. The number of carbonyl (C=O) groups is 1. The van der Waals surface area contributed by atoms with E-state index < -0.39 is 0 Å². The molecule has 0 atom stereocenters. The Bertz CT molecular complexity index is 1200. The smallest absolute Gasteiger partial charge is 0.244 e. The molecule has 0 unspecified atom stereocenters. The number of hydrogen-bond donors (Lipinski definition) is 1. The molecule has 0 radical (unpaired) electrons. The van der Waals surface area contributed by atoms with Gasteiger partial charge < -0.3 is 19.4 Å². The highest BCUT2D eigenvalue weighted by atomic mass is 79.9. The van der Waals surface area contributed by atoms with E-state index in [9.17, 15) is 14.9 Å². The van der Waals surface area contributed by atoms with E-state index in [2.05, 4.69) is 21.2 Å². The second kappa shape index (κ2) is 9.46. The number of halogens is 1. The van der Waals surface area contributed by atoms with E-state index in [0.717, 1.165) is 4.47 Å². The summed E-state index contributed by atoms with van der Waals surface area (Å²) in [7, 11) is 0. The van der Waals surface area contributed by atoms with Crippen molar-refractivity contribution < 1.29 is 14.3 Å². The van der Waals surface area contributed by atoms with Crippen molar-refractivity contribution in [2.75, 3.05) is 18.5 Å². The fourth-order valence-corrected chi connectivity index (χ4v) is 3.43. The number of amides is 1. The van der Waals surface area contributed by atoms with Gasteiger partial charge in [0.05, 0.1) is 18.7 Å². The summed E-state index contributed by atoms with van der Waals surface area (Å²) in [4.78, 5) is 25.1. The SMILES string of the molecule is CCOc1ccc(NC(=O)Cn2cc(C#N)c(=O)c3cc(Br)ccc32)cc1OCC. The van der Waals surface area contributed by atoms with E-state index in [-0.39, 0.29) is 23.4 Å². The normalized spacial score (nSPS) is 10.5. The lowest BCUT2D eigenvalue weighted by atomic mass is 10.1. The van der Waals surface area contributed by atoms with Crippen molar-refractivity contribution in [2.45, 2.75) is 20.4 Å². The maximum Gasteiger partial charge on any atom is 0.244 e. The van der Waals surface area contributed by atoms with Crippen LogP contribution in [0.5, 0.6) is 11.5 Å². The first-order valence-corrected chi connectivity index (χ1v) is 10.2. The molecule has 0 aliphatic rings. The van der Waals surface area contributed by atoms with Crippen molar-refractivity contribution >= 4 is 38.4 Å². The Morgan fingerprint density at radius 1 is 1.13 bits per heavy atom. The number of anilines is 1. The van der Waals surface area contributed by atoms with Crippen LogP contribution < -0.4 is 20.2 Å². The quantitative estimate of drug-likeness (QED) is 0.562. The van der Waals surface area contributed by atoms with Crippen LogP contribution in [0, 0.1) is 11.3 Å². The Labute approximate surface area is 182 Å². The molecule has 2 aromatic carbocycles. The Balaban J connectivity index is 1.89. The molecule has 1 N–H and O–H groups in total. The zero-order valence-corrected chi connectivity index (χ0v) is 18.2. The lowest BCUT2D eigenvalue weighted by Gasteiger charge is -2.14. The first kappa shape index (κ1) is 21.4. The highest BCUT2D eigenvalue weighted by Crippen LogP contribution is 2.30. The van der Waals surface area contributed by atoms with Gasteiger partial charge in [0.15, 0.2) is 11.5 Å². The first-order valence-electron chi connectivity index (χ1n) is 9.39. The third-order valence-corrected chi connectivity index (χ3v) is 4.80. The molecule has 0 spiro atoms. The fourth-order valence-electron chi connectivity index (χ4n) is 3.06. The van der Waals surface area contributed by atoms with Crippen LogP contribution in [0.2, 0.25) is 0 Å². The zero-order valence-electron chi connectivity index (χ0n) is 16.6. The number of fused-ring (bicyclic) bond motifs is 1. The highest BCUT2D eigenvalue weighted by molar-refractivity contribution is 9.10. The van der Waals surface area contributed by atoms with E-state index >= 15 is 0 Å². The van der Waals surface area contributed by atoms with Crippen molar-refractivity contribution in [1.82, 2.24) is 4.57 Å². The molecule has 0 bridgehead atoms. The minimum Gasteiger partial charge on any atom is -0.490 e. The van der Waals surface area contributed by atoms with Gasteiger partial charge in [-0.15, -0.1) is 0 Å². The predicted molar refractivity (Wildman–Crippen MR) is 118 cm³/mol. The Morgan fingerprint density at radius 2 is 1.87 bits per heavy atom. The number of pyridine rings is 1. The van der Waals surface area contributed by atoms with Gasteiger partial charge in [0.25, 0.3) is 0 Å². The number of ether oxygens (including phenoxy) is 2. The molecule has 0 fully saturated rings. The van der Waals surface area contributed by atoms with E-state index in [1.807, 2.05) is 19.9 Å². The molecule has 30 heavy (non-hydrogen) atoms. The second-order valence-electron chi connectivity index (χ2n) is 6.35. The number of nitrogens with zero attached hydrogens (tertiary/aromatic N) is 2. The highest BCUT2D eigenvalue weighted by Gasteiger charge is 2.13. The molecule has 3 rings (SSSR count). The molecule has 0 saturated carbocycles. The van der Waals surface area contributed by atoms with Crippen LogP contribution in [0.15, 0.2) is 51.9 Å². The average Bonchev–Trinajstić information content (AvgIpc) is 2.72. The van der Waals surface area contributed by atoms with Gasteiger partial charge in [-0.05, 0) is 44.2 Å². The summed E-state index contributed by atoms with van der Waals surface area (Å²) in [6.07, 6.45) is 1.40. The minimum absolute atomic E-state index is 0.0203. The van der Waals surface area contributed by atoms with Gasteiger partial charge in [0, 0.05) is 27.8 Å². The minimum atomic E-state index is -0.363. The predicted octanol–water partition coefficient (Wildman–Crippen LogP) is 4.07. The van der Waals surface area contributed by atoms with E-state index in [1.54, 1.807) is 41.0 Å². The number of carbonyl (C=O) groups excluding carboxylic acids is 1. The number of aromatic nitrogens is 1. The Morgan fingerprint density at radius 3 is 2.57 bits per heavy atom. The van der Waals surface area contributed by atoms with Gasteiger partial charge in [-0.2, -0.15) is 5.26 Å². The lowest BCUT2D eigenvalue weighted by molar-refractivity contribution is -0.116. The summed E-state index contributed by atoms with van der Waals surface area (Å²) in [5, 5.41) is 12.5. The van der Waals surface area contributed by atoms with Crippen LogP contribution in [0.3, 0.4) is 0 Å². The topological polar surface area (TPSA) is 93.4 Å². The van der Waals surface area contributed by atoms with Crippen LogP contribution in [0.25, 0.3) is 10.9 Å². The van der Waals surface area contributed by atoms with Gasteiger partial charge in [0.2, 0.25) is 11.3 Å². The molecular formula is C22H20BrN3O4. The van der Waals surface area contributed by atoms with Crippen molar-refractivity contribution in [3.05, 3.63) is 62.9 Å². The van der Waals surface area contributed by atoms with Crippen molar-refractivity contribution in [2.24, 2.45) is 0 Å². The van der Waals surface area contributed by atoms with Crippen LogP contribution in [-0.4, -0.2) is 23.7 Å². The zero-order chi connectivity index (χ0) is 21.7. The van der Waals surface area contributed by atoms with Crippen LogP contribution in [0.4, 0.5) is 5.69 Å². The summed E-state index contributed by atoms with van der Waals surface area (Å²) < 4.78 is 13.4.